The summed E-state index contributed by atoms with van der Waals surface area (Å²) >= 11 is 3.53. The molecular weight excluding hydrogens is 516 g/mol. The van der Waals surface area contributed by atoms with Crippen molar-refractivity contribution >= 4 is 39.6 Å². The van der Waals surface area contributed by atoms with Gasteiger partial charge in [0.15, 0.2) is 17.2 Å². The highest BCUT2D eigenvalue weighted by atomic mass is 79.9. The molecule has 178 valence electrons. The van der Waals surface area contributed by atoms with Gasteiger partial charge in [-0.25, -0.2) is 9.79 Å². The number of methoxy groups -OCH3 is 1. The van der Waals surface area contributed by atoms with Gasteiger partial charge in [-0.3, -0.25) is 10.1 Å². The van der Waals surface area contributed by atoms with Gasteiger partial charge >= 0.3 is 5.97 Å². The molecule has 9 heteroatoms. The number of aryl methyl sites for hydroxylation is 2. The Labute approximate surface area is 210 Å². The van der Waals surface area contributed by atoms with Crippen LogP contribution in [0.25, 0.3) is 6.08 Å². The van der Waals surface area contributed by atoms with E-state index in [-0.39, 0.29) is 17.3 Å². The van der Waals surface area contributed by atoms with E-state index >= 15 is 0 Å². The zero-order chi connectivity index (χ0) is 25.1. The minimum atomic E-state index is -0.619. The van der Waals surface area contributed by atoms with Gasteiger partial charge in [0.2, 0.25) is 5.90 Å². The van der Waals surface area contributed by atoms with Crippen molar-refractivity contribution in [1.29, 1.82) is 0 Å². The van der Waals surface area contributed by atoms with Crippen LogP contribution >= 0.6 is 15.9 Å². The molecule has 0 amide bonds. The Morgan fingerprint density at radius 2 is 1.89 bits per heavy atom. The van der Waals surface area contributed by atoms with Gasteiger partial charge in [0.1, 0.15) is 6.61 Å². The number of rotatable bonds is 7. The van der Waals surface area contributed by atoms with Gasteiger partial charge in [0.25, 0.3) is 5.69 Å². The number of nitro groups is 1. The maximum absolute atomic E-state index is 12.4. The molecule has 0 aliphatic carbocycles. The third kappa shape index (κ3) is 5.25. The van der Waals surface area contributed by atoms with Crippen molar-refractivity contribution in [1.82, 2.24) is 0 Å². The summed E-state index contributed by atoms with van der Waals surface area (Å²) in [5.41, 5.74) is 3.83. The van der Waals surface area contributed by atoms with Crippen LogP contribution in [0.2, 0.25) is 0 Å². The van der Waals surface area contributed by atoms with Crippen LogP contribution in [0.15, 0.2) is 69.8 Å². The first-order valence-electron chi connectivity index (χ1n) is 10.6. The fourth-order valence-corrected chi connectivity index (χ4v) is 4.14. The van der Waals surface area contributed by atoms with Crippen LogP contribution in [0.5, 0.6) is 11.5 Å². The second-order valence-corrected chi connectivity index (χ2v) is 8.70. The zero-order valence-electron chi connectivity index (χ0n) is 19.2. The van der Waals surface area contributed by atoms with Gasteiger partial charge in [0, 0.05) is 17.2 Å². The molecule has 0 bridgehead atoms. The highest BCUT2D eigenvalue weighted by Gasteiger charge is 2.25. The van der Waals surface area contributed by atoms with Crippen LogP contribution in [-0.2, 0) is 16.1 Å². The molecule has 3 aromatic rings. The third-order valence-electron chi connectivity index (χ3n) is 5.45. The van der Waals surface area contributed by atoms with Crippen molar-refractivity contribution in [3.63, 3.8) is 0 Å². The summed E-state index contributed by atoms with van der Waals surface area (Å²) in [5, 5.41) is 11.1. The Morgan fingerprint density at radius 1 is 1.11 bits per heavy atom. The number of hydrogen-bond acceptors (Lipinski definition) is 7. The number of halogens is 1. The van der Waals surface area contributed by atoms with E-state index in [1.54, 1.807) is 31.2 Å². The molecule has 0 unspecified atom stereocenters. The predicted molar refractivity (Wildman–Crippen MR) is 135 cm³/mol. The Morgan fingerprint density at radius 3 is 2.57 bits per heavy atom. The lowest BCUT2D eigenvalue weighted by Crippen LogP contribution is -2.06. The maximum atomic E-state index is 12.4. The quantitative estimate of drug-likeness (QED) is 0.161. The molecular formula is C26H21BrN2O6. The fraction of sp³-hybridized carbons (Fsp3) is 0.154. The van der Waals surface area contributed by atoms with Crippen LogP contribution in [0.4, 0.5) is 5.69 Å². The molecule has 4 rings (SSSR count). The van der Waals surface area contributed by atoms with E-state index in [1.165, 1.54) is 19.2 Å². The van der Waals surface area contributed by atoms with E-state index in [9.17, 15) is 14.9 Å². The van der Waals surface area contributed by atoms with Gasteiger partial charge in [-0.15, -0.1) is 0 Å². The number of ether oxygens (including phenoxy) is 3. The Kier molecular flexibility index (Phi) is 6.97. The normalized spacial score (nSPS) is 14.0. The molecule has 0 aromatic heterocycles. The molecule has 35 heavy (non-hydrogen) atoms. The molecule has 0 saturated carbocycles. The Hall–Kier alpha value is -3.98. The van der Waals surface area contributed by atoms with Gasteiger partial charge in [0.05, 0.1) is 16.5 Å². The predicted octanol–water partition coefficient (Wildman–Crippen LogP) is 5.91. The number of aliphatic imine (C=N–C) groups is 1. The molecule has 0 radical (unpaired) electrons. The van der Waals surface area contributed by atoms with Crippen molar-refractivity contribution in [2.24, 2.45) is 4.99 Å². The molecule has 0 atom stereocenters. The van der Waals surface area contributed by atoms with Gasteiger partial charge in [-0.05, 0) is 76.8 Å². The highest BCUT2D eigenvalue weighted by Crippen LogP contribution is 2.38. The lowest BCUT2D eigenvalue weighted by Gasteiger charge is -2.14. The molecule has 0 N–H and O–H groups in total. The minimum absolute atomic E-state index is 0.0175. The average Bonchev–Trinajstić information content (AvgIpc) is 3.18. The van der Waals surface area contributed by atoms with Crippen LogP contribution in [0.1, 0.15) is 27.8 Å². The van der Waals surface area contributed by atoms with Crippen molar-refractivity contribution in [2.75, 3.05) is 7.11 Å². The van der Waals surface area contributed by atoms with E-state index in [0.29, 0.717) is 39.3 Å². The molecule has 8 nitrogen and oxygen atoms in total. The van der Waals surface area contributed by atoms with E-state index in [4.69, 9.17) is 14.2 Å². The van der Waals surface area contributed by atoms with Gasteiger partial charge < -0.3 is 14.2 Å². The molecule has 0 fully saturated rings. The summed E-state index contributed by atoms with van der Waals surface area (Å²) in [4.78, 5) is 27.3. The number of nitrogens with zero attached hydrogens (tertiary/aromatic N) is 2. The largest absolute Gasteiger partial charge is 0.493 e. The number of carbonyl (C=O) groups excluding carboxylic acids is 1. The molecule has 1 heterocycles. The number of cyclic esters (lactones) is 1. The molecule has 3 aromatic carbocycles. The fourth-order valence-electron chi connectivity index (χ4n) is 3.57. The monoisotopic (exact) mass is 536 g/mol. The van der Waals surface area contributed by atoms with Crippen LogP contribution in [-0.4, -0.2) is 23.9 Å². The first-order chi connectivity index (χ1) is 16.8. The zero-order valence-corrected chi connectivity index (χ0v) is 20.8. The number of hydrogen-bond donors (Lipinski definition) is 0. The van der Waals surface area contributed by atoms with Crippen LogP contribution in [0, 0.1) is 24.0 Å². The van der Waals surface area contributed by atoms with Crippen LogP contribution in [0.3, 0.4) is 0 Å². The molecule has 1 aliphatic heterocycles. The maximum Gasteiger partial charge on any atom is 0.363 e. The molecule has 0 spiro atoms. The lowest BCUT2D eigenvalue weighted by molar-refractivity contribution is -0.385. The van der Waals surface area contributed by atoms with Crippen LogP contribution < -0.4 is 9.47 Å². The van der Waals surface area contributed by atoms with E-state index < -0.39 is 10.9 Å². The van der Waals surface area contributed by atoms with Crippen molar-refractivity contribution in [2.45, 2.75) is 20.5 Å². The van der Waals surface area contributed by atoms with Gasteiger partial charge in [-0.2, -0.15) is 0 Å². The minimum Gasteiger partial charge on any atom is -0.493 e. The third-order valence-corrected chi connectivity index (χ3v) is 6.04. The highest BCUT2D eigenvalue weighted by molar-refractivity contribution is 9.10. The van der Waals surface area contributed by atoms with Crippen molar-refractivity contribution in [3.05, 3.63) is 103 Å². The number of nitro benzene ring substituents is 1. The SMILES string of the molecule is COc1cc(/C=C2\N=C(c3ccc([N+](=O)[O-])c(C)c3)OC2=O)cc(Br)c1OCc1ccccc1C. The Bertz CT molecular complexity index is 1400. The Balaban J connectivity index is 1.60. The summed E-state index contributed by atoms with van der Waals surface area (Å²) in [7, 11) is 1.54. The van der Waals surface area contributed by atoms with E-state index in [2.05, 4.69) is 20.9 Å². The van der Waals surface area contributed by atoms with Crippen molar-refractivity contribution in [3.8, 4) is 11.5 Å². The summed E-state index contributed by atoms with van der Waals surface area (Å²) in [6, 6.07) is 15.9. The second kappa shape index (κ2) is 10.1. The van der Waals surface area contributed by atoms with Crippen molar-refractivity contribution < 1.29 is 23.9 Å². The van der Waals surface area contributed by atoms with E-state index in [1.807, 2.05) is 31.2 Å². The smallest absolute Gasteiger partial charge is 0.363 e. The molecule has 0 saturated heterocycles. The number of carbonyl (C=O) groups is 1. The topological polar surface area (TPSA) is 100 Å². The lowest BCUT2D eigenvalue weighted by atomic mass is 10.1. The summed E-state index contributed by atoms with van der Waals surface area (Å²) in [5.74, 6) is 0.494. The number of benzene rings is 3. The first kappa shape index (κ1) is 24.2. The first-order valence-corrected chi connectivity index (χ1v) is 11.4. The average molecular weight is 537 g/mol. The number of esters is 1. The summed E-state index contributed by atoms with van der Waals surface area (Å²) in [6.07, 6.45) is 1.58. The second-order valence-electron chi connectivity index (χ2n) is 7.84. The summed E-state index contributed by atoms with van der Waals surface area (Å²) in [6.45, 7) is 4.01. The van der Waals surface area contributed by atoms with E-state index in [0.717, 1.165) is 11.1 Å². The standard InChI is InChI=1S/C26H21BrN2O6/c1-15-6-4-5-7-19(15)14-34-24-20(27)11-17(13-23(24)33-3)12-21-26(30)35-25(28-21)18-8-9-22(29(31)32)16(2)10-18/h4-13H,14H2,1-3H3/b21-12-. The summed E-state index contributed by atoms with van der Waals surface area (Å²) < 4.78 is 17.5. The molecule has 1 aliphatic rings. The van der Waals surface area contributed by atoms with Gasteiger partial charge in [-0.1, -0.05) is 24.3 Å².